The molecule has 0 bridgehead atoms. The van der Waals surface area contributed by atoms with Crippen molar-refractivity contribution in [3.8, 4) is 5.75 Å². The van der Waals surface area contributed by atoms with Gasteiger partial charge in [0.1, 0.15) is 12.4 Å². The van der Waals surface area contributed by atoms with Crippen LogP contribution in [0.4, 0.5) is 4.79 Å². The number of urea groups is 1. The SMILES string of the molecule is Cc1ccc(OC[C@@H](O)CCCCNC(=O)N2CCOCC2)cc1.S. The van der Waals surface area contributed by atoms with E-state index in [1.54, 1.807) is 4.90 Å². The number of benzene rings is 1. The van der Waals surface area contributed by atoms with Crippen molar-refractivity contribution in [3.63, 3.8) is 0 Å². The lowest BCUT2D eigenvalue weighted by Gasteiger charge is -2.26. The van der Waals surface area contributed by atoms with Crippen molar-refractivity contribution in [1.29, 1.82) is 0 Å². The number of aryl methyl sites for hydroxylation is 1. The first-order valence-electron chi connectivity index (χ1n) is 8.63. The van der Waals surface area contributed by atoms with Gasteiger partial charge in [-0.1, -0.05) is 17.7 Å². The summed E-state index contributed by atoms with van der Waals surface area (Å²) in [6.45, 7) is 5.48. The highest BCUT2D eigenvalue weighted by Crippen LogP contribution is 2.12. The Morgan fingerprint density at radius 3 is 2.64 bits per heavy atom. The molecule has 6 nitrogen and oxygen atoms in total. The molecule has 2 N–H and O–H groups in total. The smallest absolute Gasteiger partial charge is 0.317 e. The Hall–Kier alpha value is -1.44. The van der Waals surface area contributed by atoms with Crippen LogP contribution < -0.4 is 10.1 Å². The highest BCUT2D eigenvalue weighted by molar-refractivity contribution is 7.59. The van der Waals surface area contributed by atoms with E-state index in [4.69, 9.17) is 9.47 Å². The summed E-state index contributed by atoms with van der Waals surface area (Å²) in [6.07, 6.45) is 1.87. The largest absolute Gasteiger partial charge is 0.491 e. The Labute approximate surface area is 156 Å². The van der Waals surface area contributed by atoms with Gasteiger partial charge in [-0.3, -0.25) is 0 Å². The van der Waals surface area contributed by atoms with E-state index in [1.807, 2.05) is 31.2 Å². The Kier molecular flexibility index (Phi) is 10.4. The zero-order valence-corrected chi connectivity index (χ0v) is 15.9. The van der Waals surface area contributed by atoms with Crippen LogP contribution in [0.25, 0.3) is 0 Å². The molecule has 2 amide bonds. The number of carbonyl (C=O) groups is 1. The van der Waals surface area contributed by atoms with Crippen molar-refractivity contribution in [1.82, 2.24) is 10.2 Å². The first-order valence-corrected chi connectivity index (χ1v) is 8.63. The molecule has 0 unspecified atom stereocenters. The molecule has 1 atom stereocenters. The molecule has 0 aliphatic carbocycles. The number of hydrogen-bond donors (Lipinski definition) is 2. The molecular formula is C18H30N2O4S. The number of aliphatic hydroxyl groups excluding tert-OH is 1. The maximum Gasteiger partial charge on any atom is 0.317 e. The van der Waals surface area contributed by atoms with Gasteiger partial charge in [0, 0.05) is 19.6 Å². The molecule has 1 aromatic rings. The monoisotopic (exact) mass is 370 g/mol. The third-order valence-electron chi connectivity index (χ3n) is 4.00. The van der Waals surface area contributed by atoms with E-state index < -0.39 is 6.10 Å². The number of rotatable bonds is 8. The molecule has 25 heavy (non-hydrogen) atoms. The number of nitrogens with one attached hydrogen (secondary N) is 1. The number of morpholine rings is 1. The van der Waals surface area contributed by atoms with Crippen molar-refractivity contribution in [3.05, 3.63) is 29.8 Å². The van der Waals surface area contributed by atoms with Crippen molar-refractivity contribution in [2.24, 2.45) is 0 Å². The van der Waals surface area contributed by atoms with Gasteiger partial charge in [0.2, 0.25) is 0 Å². The molecule has 1 fully saturated rings. The van der Waals surface area contributed by atoms with Crippen molar-refractivity contribution < 1.29 is 19.4 Å². The molecule has 1 heterocycles. The minimum Gasteiger partial charge on any atom is -0.491 e. The predicted molar refractivity (Wildman–Crippen MR) is 103 cm³/mol. The van der Waals surface area contributed by atoms with Crippen molar-refractivity contribution >= 4 is 19.5 Å². The van der Waals surface area contributed by atoms with Gasteiger partial charge in [-0.05, 0) is 38.3 Å². The second-order valence-corrected chi connectivity index (χ2v) is 6.11. The van der Waals surface area contributed by atoms with E-state index in [9.17, 15) is 9.90 Å². The number of ether oxygens (including phenoxy) is 2. The third kappa shape index (κ3) is 8.47. The number of aliphatic hydroxyl groups is 1. The third-order valence-corrected chi connectivity index (χ3v) is 4.00. The number of amides is 2. The Morgan fingerprint density at radius 1 is 1.28 bits per heavy atom. The fourth-order valence-electron chi connectivity index (χ4n) is 2.49. The van der Waals surface area contributed by atoms with Crippen LogP contribution in [0.15, 0.2) is 24.3 Å². The second kappa shape index (κ2) is 12.0. The minimum atomic E-state index is -0.485. The fraction of sp³-hybridized carbons (Fsp3) is 0.611. The van der Waals surface area contributed by atoms with Gasteiger partial charge in [0.25, 0.3) is 0 Å². The zero-order valence-electron chi connectivity index (χ0n) is 14.9. The lowest BCUT2D eigenvalue weighted by molar-refractivity contribution is 0.0532. The van der Waals surface area contributed by atoms with Crippen LogP contribution in [0.5, 0.6) is 5.75 Å². The van der Waals surface area contributed by atoms with Gasteiger partial charge >= 0.3 is 6.03 Å². The Morgan fingerprint density at radius 2 is 1.96 bits per heavy atom. The second-order valence-electron chi connectivity index (χ2n) is 6.11. The quantitative estimate of drug-likeness (QED) is 0.687. The fourth-order valence-corrected chi connectivity index (χ4v) is 2.49. The summed E-state index contributed by atoms with van der Waals surface area (Å²) >= 11 is 0. The number of unbranched alkanes of at least 4 members (excludes halogenated alkanes) is 1. The van der Waals surface area contributed by atoms with Crippen LogP contribution in [-0.2, 0) is 4.74 Å². The lowest BCUT2D eigenvalue weighted by atomic mass is 10.1. The lowest BCUT2D eigenvalue weighted by Crippen LogP contribution is -2.46. The normalized spacial score (nSPS) is 15.2. The maximum atomic E-state index is 11.9. The molecule has 1 saturated heterocycles. The molecule has 0 radical (unpaired) electrons. The van der Waals surface area contributed by atoms with E-state index >= 15 is 0 Å². The van der Waals surface area contributed by atoms with Gasteiger partial charge in [-0.2, -0.15) is 13.5 Å². The first kappa shape index (κ1) is 21.6. The average molecular weight is 371 g/mol. The topological polar surface area (TPSA) is 71.0 Å². The average Bonchev–Trinajstić information content (AvgIpc) is 2.61. The predicted octanol–water partition coefficient (Wildman–Crippen LogP) is 2.06. The summed E-state index contributed by atoms with van der Waals surface area (Å²) in [4.78, 5) is 13.6. The van der Waals surface area contributed by atoms with Crippen LogP contribution >= 0.6 is 13.5 Å². The summed E-state index contributed by atoms with van der Waals surface area (Å²) in [6, 6.07) is 7.76. The van der Waals surface area contributed by atoms with Crippen LogP contribution in [0.1, 0.15) is 24.8 Å². The number of carbonyl (C=O) groups excluding carboxylic acids is 1. The zero-order chi connectivity index (χ0) is 17.2. The van der Waals surface area contributed by atoms with Crippen LogP contribution in [-0.4, -0.2) is 61.6 Å². The Balaban J connectivity index is 0.00000312. The molecule has 0 aromatic heterocycles. The van der Waals surface area contributed by atoms with Crippen molar-refractivity contribution in [2.45, 2.75) is 32.3 Å². The summed E-state index contributed by atoms with van der Waals surface area (Å²) in [5.41, 5.74) is 1.18. The number of hydrogen-bond acceptors (Lipinski definition) is 4. The molecule has 1 aliphatic rings. The first-order chi connectivity index (χ1) is 11.6. The molecule has 0 saturated carbocycles. The molecule has 1 aliphatic heterocycles. The molecule has 1 aromatic carbocycles. The van der Waals surface area contributed by atoms with Gasteiger partial charge in [-0.25, -0.2) is 4.79 Å². The van der Waals surface area contributed by atoms with Crippen LogP contribution in [0.3, 0.4) is 0 Å². The van der Waals surface area contributed by atoms with E-state index in [1.165, 1.54) is 5.56 Å². The van der Waals surface area contributed by atoms with Gasteiger partial charge in [0.05, 0.1) is 19.3 Å². The molecular weight excluding hydrogens is 340 g/mol. The van der Waals surface area contributed by atoms with Gasteiger partial charge < -0.3 is 24.8 Å². The van der Waals surface area contributed by atoms with E-state index in [0.29, 0.717) is 45.9 Å². The van der Waals surface area contributed by atoms with Gasteiger partial charge in [0.15, 0.2) is 0 Å². The summed E-state index contributed by atoms with van der Waals surface area (Å²) in [7, 11) is 0. The molecule has 0 spiro atoms. The number of nitrogens with zero attached hydrogens (tertiary/aromatic N) is 1. The highest BCUT2D eigenvalue weighted by Gasteiger charge is 2.15. The van der Waals surface area contributed by atoms with E-state index in [-0.39, 0.29) is 19.5 Å². The summed E-state index contributed by atoms with van der Waals surface area (Å²) in [5, 5.41) is 12.9. The molecule has 2 rings (SSSR count). The standard InChI is InChI=1S/C18H28N2O4.H2S/c1-15-5-7-17(8-6-15)24-14-16(21)4-2-3-9-19-18(22)20-10-12-23-13-11-20;/h5-8,16,21H,2-4,9-14H2,1H3,(H,19,22);1H2/t16-;/m0./s1. The summed E-state index contributed by atoms with van der Waals surface area (Å²) in [5.74, 6) is 0.775. The minimum absolute atomic E-state index is 0. The van der Waals surface area contributed by atoms with Crippen molar-refractivity contribution in [2.75, 3.05) is 39.5 Å². The maximum absolute atomic E-state index is 11.9. The summed E-state index contributed by atoms with van der Waals surface area (Å²) < 4.78 is 10.8. The van der Waals surface area contributed by atoms with E-state index in [0.717, 1.165) is 18.6 Å². The highest BCUT2D eigenvalue weighted by atomic mass is 32.1. The van der Waals surface area contributed by atoms with Crippen LogP contribution in [0, 0.1) is 6.92 Å². The van der Waals surface area contributed by atoms with Crippen LogP contribution in [0.2, 0.25) is 0 Å². The van der Waals surface area contributed by atoms with Gasteiger partial charge in [-0.15, -0.1) is 0 Å². The van der Waals surface area contributed by atoms with E-state index in [2.05, 4.69) is 5.32 Å². The molecule has 142 valence electrons. The Bertz CT molecular complexity index is 492. The molecule has 7 heteroatoms.